The Labute approximate surface area is 204 Å². The zero-order valence-corrected chi connectivity index (χ0v) is 20.4. The number of pyridine rings is 1. The highest BCUT2D eigenvalue weighted by atomic mass is 35.5. The number of hydrogen-bond acceptors (Lipinski definition) is 8. The van der Waals surface area contributed by atoms with Crippen LogP contribution in [0.5, 0.6) is 17.5 Å². The number of carbonyl (C=O) groups is 1. The van der Waals surface area contributed by atoms with Gasteiger partial charge in [0.1, 0.15) is 22.1 Å². The fraction of sp³-hybridized carbons (Fsp3) is 0.429. The van der Waals surface area contributed by atoms with Gasteiger partial charge in [-0.1, -0.05) is 11.6 Å². The van der Waals surface area contributed by atoms with Gasteiger partial charge in [-0.25, -0.2) is 31.7 Å². The average molecular weight is 530 g/mol. The summed E-state index contributed by atoms with van der Waals surface area (Å²) in [6, 6.07) is 2.85. The van der Waals surface area contributed by atoms with E-state index >= 15 is 0 Å². The quantitative estimate of drug-likeness (QED) is 0.494. The third-order valence-electron chi connectivity index (χ3n) is 5.52. The second-order valence-electron chi connectivity index (χ2n) is 8.49. The summed E-state index contributed by atoms with van der Waals surface area (Å²) in [4.78, 5) is 21.2. The molecule has 14 heteroatoms. The predicted molar refractivity (Wildman–Crippen MR) is 122 cm³/mol. The van der Waals surface area contributed by atoms with E-state index in [4.69, 9.17) is 21.1 Å². The van der Waals surface area contributed by atoms with Gasteiger partial charge < -0.3 is 14.8 Å². The van der Waals surface area contributed by atoms with Crippen LogP contribution in [-0.4, -0.2) is 64.0 Å². The molecule has 0 atom stereocenters. The number of aromatic nitrogens is 4. The lowest BCUT2D eigenvalue weighted by atomic mass is 9.95. The minimum atomic E-state index is -3.08. The summed E-state index contributed by atoms with van der Waals surface area (Å²) < 4.78 is 60.6. The van der Waals surface area contributed by atoms with E-state index in [1.54, 1.807) is 19.9 Å². The van der Waals surface area contributed by atoms with E-state index in [9.17, 15) is 22.0 Å². The highest BCUT2D eigenvalue weighted by Crippen LogP contribution is 2.32. The molecule has 0 aliphatic carbocycles. The standard InChI is InChI=1S/C21H22ClF2N5O5S/c1-12-7-17(34-20-15(33-11-16(23)24)8-13(22)9-25-20)28-29-10-14(26-18(12)29)19(30)27-21(2)3-5-35(31,32)6-4-21/h7-10,16H,3-6,11H2,1-2H3,(H,27,30). The molecule has 1 amide bonds. The van der Waals surface area contributed by atoms with Gasteiger partial charge in [0.2, 0.25) is 5.88 Å². The van der Waals surface area contributed by atoms with Crippen LogP contribution in [0.2, 0.25) is 5.02 Å². The molecule has 1 aliphatic heterocycles. The van der Waals surface area contributed by atoms with Crippen molar-refractivity contribution < 1.29 is 31.5 Å². The molecule has 188 valence electrons. The van der Waals surface area contributed by atoms with Crippen LogP contribution in [0.4, 0.5) is 8.78 Å². The average Bonchev–Trinajstić information content (AvgIpc) is 3.21. The van der Waals surface area contributed by atoms with Crippen molar-refractivity contribution in [1.29, 1.82) is 0 Å². The second-order valence-corrected chi connectivity index (χ2v) is 11.2. The Balaban J connectivity index is 1.55. The van der Waals surface area contributed by atoms with E-state index in [0.717, 1.165) is 0 Å². The van der Waals surface area contributed by atoms with E-state index in [1.807, 2.05) is 0 Å². The number of carbonyl (C=O) groups excluding carboxylic acids is 1. The number of rotatable bonds is 7. The first kappa shape index (κ1) is 25.0. The predicted octanol–water partition coefficient (Wildman–Crippen LogP) is 3.22. The van der Waals surface area contributed by atoms with Crippen LogP contribution in [0.3, 0.4) is 0 Å². The Morgan fingerprint density at radius 2 is 2.03 bits per heavy atom. The van der Waals surface area contributed by atoms with Crippen LogP contribution < -0.4 is 14.8 Å². The van der Waals surface area contributed by atoms with Gasteiger partial charge in [-0.05, 0) is 32.3 Å². The zero-order chi connectivity index (χ0) is 25.4. The lowest BCUT2D eigenvalue weighted by molar-refractivity contribution is 0.0803. The number of hydrogen-bond donors (Lipinski definition) is 1. The third-order valence-corrected chi connectivity index (χ3v) is 7.37. The van der Waals surface area contributed by atoms with Crippen molar-refractivity contribution in [3.05, 3.63) is 40.8 Å². The molecule has 0 aromatic carbocycles. The summed E-state index contributed by atoms with van der Waals surface area (Å²) in [5, 5.41) is 7.33. The van der Waals surface area contributed by atoms with Gasteiger partial charge in [-0.3, -0.25) is 4.79 Å². The van der Waals surface area contributed by atoms with Crippen molar-refractivity contribution in [2.75, 3.05) is 18.1 Å². The first-order chi connectivity index (χ1) is 16.4. The molecule has 0 radical (unpaired) electrons. The first-order valence-corrected chi connectivity index (χ1v) is 12.8. The van der Waals surface area contributed by atoms with Gasteiger partial charge in [0, 0.05) is 23.9 Å². The fourth-order valence-electron chi connectivity index (χ4n) is 3.55. The number of nitrogens with zero attached hydrogens (tertiary/aromatic N) is 4. The molecule has 4 heterocycles. The van der Waals surface area contributed by atoms with Crippen LogP contribution >= 0.6 is 11.6 Å². The number of sulfone groups is 1. The maximum atomic E-state index is 12.8. The van der Waals surface area contributed by atoms with Crippen LogP contribution in [0.15, 0.2) is 24.5 Å². The van der Waals surface area contributed by atoms with Crippen LogP contribution in [-0.2, 0) is 9.84 Å². The maximum Gasteiger partial charge on any atom is 0.272 e. The molecule has 4 rings (SSSR count). The number of alkyl halides is 2. The van der Waals surface area contributed by atoms with Gasteiger partial charge >= 0.3 is 0 Å². The van der Waals surface area contributed by atoms with Crippen molar-refractivity contribution >= 4 is 33.0 Å². The summed E-state index contributed by atoms with van der Waals surface area (Å²) in [6.45, 7) is 2.67. The molecule has 0 spiro atoms. The topological polar surface area (TPSA) is 125 Å². The Morgan fingerprint density at radius 1 is 1.31 bits per heavy atom. The van der Waals surface area contributed by atoms with Gasteiger partial charge in [0.05, 0.1) is 22.7 Å². The molecule has 1 aliphatic rings. The molecular formula is C21H22ClF2N5O5S. The number of imidazole rings is 1. The fourth-order valence-corrected chi connectivity index (χ4v) is 5.43. The van der Waals surface area contributed by atoms with Crippen molar-refractivity contribution in [2.24, 2.45) is 0 Å². The monoisotopic (exact) mass is 529 g/mol. The molecule has 35 heavy (non-hydrogen) atoms. The van der Waals surface area contributed by atoms with Crippen LogP contribution in [0.1, 0.15) is 35.8 Å². The van der Waals surface area contributed by atoms with E-state index in [2.05, 4.69) is 20.4 Å². The molecule has 0 bridgehead atoms. The SMILES string of the molecule is Cc1cc(Oc2ncc(Cl)cc2OCC(F)F)nn2cc(C(=O)NC3(C)CCS(=O)(=O)CC3)nc12. The first-order valence-electron chi connectivity index (χ1n) is 10.6. The van der Waals surface area contributed by atoms with Crippen molar-refractivity contribution in [1.82, 2.24) is 24.9 Å². The number of aryl methyl sites for hydroxylation is 1. The Morgan fingerprint density at radius 3 is 2.71 bits per heavy atom. The molecule has 0 unspecified atom stereocenters. The van der Waals surface area contributed by atoms with Crippen molar-refractivity contribution in [2.45, 2.75) is 38.7 Å². The Kier molecular flexibility index (Phi) is 6.82. The summed E-state index contributed by atoms with van der Waals surface area (Å²) in [7, 11) is -3.08. The molecule has 10 nitrogen and oxygen atoms in total. The van der Waals surface area contributed by atoms with Gasteiger partial charge in [0.15, 0.2) is 11.4 Å². The normalized spacial score (nSPS) is 16.9. The van der Waals surface area contributed by atoms with Crippen molar-refractivity contribution in [3.8, 4) is 17.5 Å². The number of ether oxygens (including phenoxy) is 2. The van der Waals surface area contributed by atoms with E-state index in [1.165, 1.54) is 23.0 Å². The molecule has 0 saturated carbocycles. The van der Waals surface area contributed by atoms with Gasteiger partial charge in [0.25, 0.3) is 18.2 Å². The lowest BCUT2D eigenvalue weighted by Gasteiger charge is -2.34. The minimum absolute atomic E-state index is 0.0120. The zero-order valence-electron chi connectivity index (χ0n) is 18.8. The molecular weight excluding hydrogens is 508 g/mol. The van der Waals surface area contributed by atoms with E-state index in [0.29, 0.717) is 24.1 Å². The van der Waals surface area contributed by atoms with Crippen LogP contribution in [0, 0.1) is 6.92 Å². The molecule has 1 saturated heterocycles. The number of halogens is 3. The van der Waals surface area contributed by atoms with E-state index in [-0.39, 0.29) is 39.7 Å². The summed E-state index contributed by atoms with van der Waals surface area (Å²) in [6.07, 6.45) is 0.613. The number of fused-ring (bicyclic) bond motifs is 1. The second kappa shape index (κ2) is 9.53. The van der Waals surface area contributed by atoms with Gasteiger partial charge in [-0.15, -0.1) is 5.10 Å². The Bertz CT molecular complexity index is 1370. The Hall–Kier alpha value is -3.06. The maximum absolute atomic E-state index is 12.8. The highest BCUT2D eigenvalue weighted by Gasteiger charge is 2.35. The summed E-state index contributed by atoms with van der Waals surface area (Å²) >= 11 is 5.88. The lowest BCUT2D eigenvalue weighted by Crippen LogP contribution is -2.51. The number of amides is 1. The van der Waals surface area contributed by atoms with E-state index < -0.39 is 34.3 Å². The molecule has 3 aromatic heterocycles. The molecule has 1 N–H and O–H groups in total. The molecule has 1 fully saturated rings. The van der Waals surface area contributed by atoms with Crippen molar-refractivity contribution in [3.63, 3.8) is 0 Å². The number of nitrogens with one attached hydrogen (secondary N) is 1. The molecule has 3 aromatic rings. The van der Waals surface area contributed by atoms with Gasteiger partial charge in [-0.2, -0.15) is 0 Å². The summed E-state index contributed by atoms with van der Waals surface area (Å²) in [5.41, 5.74) is 0.451. The largest absolute Gasteiger partial charge is 0.482 e. The minimum Gasteiger partial charge on any atom is -0.482 e. The summed E-state index contributed by atoms with van der Waals surface area (Å²) in [5.74, 6) is -0.567. The smallest absolute Gasteiger partial charge is 0.272 e. The third kappa shape index (κ3) is 5.96. The highest BCUT2D eigenvalue weighted by molar-refractivity contribution is 7.91. The van der Waals surface area contributed by atoms with Crippen LogP contribution in [0.25, 0.3) is 5.65 Å².